The summed E-state index contributed by atoms with van der Waals surface area (Å²) in [6.07, 6.45) is 1.68. The average molecular weight is 279 g/mol. The van der Waals surface area contributed by atoms with E-state index in [0.717, 1.165) is 27.5 Å². The van der Waals surface area contributed by atoms with Gasteiger partial charge in [-0.1, -0.05) is 24.3 Å². The summed E-state index contributed by atoms with van der Waals surface area (Å²) >= 11 is 0. The second-order valence-corrected chi connectivity index (χ2v) is 5.33. The molecule has 2 aromatic heterocycles. The van der Waals surface area contributed by atoms with Crippen LogP contribution in [0.4, 0.5) is 4.39 Å². The van der Waals surface area contributed by atoms with Crippen molar-refractivity contribution in [3.63, 3.8) is 0 Å². The van der Waals surface area contributed by atoms with Gasteiger partial charge in [-0.3, -0.25) is 5.10 Å². The number of aromatic amines is 1. The summed E-state index contributed by atoms with van der Waals surface area (Å²) in [6, 6.07) is 11.7. The molecule has 0 unspecified atom stereocenters. The molecular formula is C17H14FN3. The van der Waals surface area contributed by atoms with Crippen LogP contribution in [-0.2, 0) is 7.05 Å². The minimum absolute atomic E-state index is 0.186. The first kappa shape index (κ1) is 12.1. The normalized spacial score (nSPS) is 11.6. The summed E-state index contributed by atoms with van der Waals surface area (Å²) in [4.78, 5) is 0. The third-order valence-electron chi connectivity index (χ3n) is 4.13. The lowest BCUT2D eigenvalue weighted by Crippen LogP contribution is -1.94. The van der Waals surface area contributed by atoms with E-state index in [1.807, 2.05) is 54.9 Å². The summed E-state index contributed by atoms with van der Waals surface area (Å²) in [5, 5.41) is 8.36. The largest absolute Gasteiger partial charge is 0.341 e. The summed E-state index contributed by atoms with van der Waals surface area (Å²) in [7, 11) is 1.90. The predicted octanol–water partition coefficient (Wildman–Crippen LogP) is 4.17. The SMILES string of the molecule is Cc1ccccc1-c1c(F)c2c3cn[nH]c3ccc2n1C. The number of rotatable bonds is 1. The van der Waals surface area contributed by atoms with E-state index in [9.17, 15) is 0 Å². The number of nitrogens with zero attached hydrogens (tertiary/aromatic N) is 2. The van der Waals surface area contributed by atoms with Gasteiger partial charge in [0.1, 0.15) is 0 Å². The predicted molar refractivity (Wildman–Crippen MR) is 82.7 cm³/mol. The third-order valence-corrected chi connectivity index (χ3v) is 4.13. The molecular weight excluding hydrogens is 265 g/mol. The van der Waals surface area contributed by atoms with Crippen LogP contribution in [-0.4, -0.2) is 14.8 Å². The van der Waals surface area contributed by atoms with Crippen LogP contribution in [0.1, 0.15) is 5.56 Å². The highest BCUT2D eigenvalue weighted by molar-refractivity contribution is 6.07. The Morgan fingerprint density at radius 1 is 1.14 bits per heavy atom. The molecule has 0 aliphatic heterocycles. The van der Waals surface area contributed by atoms with E-state index in [0.29, 0.717) is 11.1 Å². The van der Waals surface area contributed by atoms with Gasteiger partial charge >= 0.3 is 0 Å². The van der Waals surface area contributed by atoms with Gasteiger partial charge in [0.15, 0.2) is 5.82 Å². The van der Waals surface area contributed by atoms with Crippen LogP contribution in [0, 0.1) is 12.7 Å². The van der Waals surface area contributed by atoms with E-state index in [4.69, 9.17) is 0 Å². The third kappa shape index (κ3) is 1.56. The summed E-state index contributed by atoms with van der Waals surface area (Å²) in [5.41, 5.74) is 4.33. The molecule has 0 spiro atoms. The number of fused-ring (bicyclic) bond motifs is 3. The van der Waals surface area contributed by atoms with Gasteiger partial charge in [0.2, 0.25) is 0 Å². The molecule has 0 saturated heterocycles. The van der Waals surface area contributed by atoms with Crippen molar-refractivity contribution in [2.75, 3.05) is 0 Å². The van der Waals surface area contributed by atoms with Crippen molar-refractivity contribution in [3.8, 4) is 11.3 Å². The highest BCUT2D eigenvalue weighted by Crippen LogP contribution is 2.36. The molecule has 21 heavy (non-hydrogen) atoms. The Morgan fingerprint density at radius 3 is 2.76 bits per heavy atom. The summed E-state index contributed by atoms with van der Waals surface area (Å²) in [5.74, 6) is -0.186. The fourth-order valence-electron chi connectivity index (χ4n) is 3.04. The van der Waals surface area contributed by atoms with E-state index < -0.39 is 0 Å². The van der Waals surface area contributed by atoms with Crippen molar-refractivity contribution >= 4 is 21.8 Å². The lowest BCUT2D eigenvalue weighted by atomic mass is 10.0. The number of aromatic nitrogens is 3. The lowest BCUT2D eigenvalue weighted by molar-refractivity contribution is 0.638. The van der Waals surface area contributed by atoms with Crippen LogP contribution in [0.5, 0.6) is 0 Å². The molecule has 4 rings (SSSR count). The van der Waals surface area contributed by atoms with Gasteiger partial charge in [-0.2, -0.15) is 5.10 Å². The molecule has 0 aliphatic rings. The molecule has 104 valence electrons. The van der Waals surface area contributed by atoms with Gasteiger partial charge in [-0.15, -0.1) is 0 Å². The second kappa shape index (κ2) is 4.19. The first-order valence-corrected chi connectivity index (χ1v) is 6.84. The molecule has 0 atom stereocenters. The van der Waals surface area contributed by atoms with Gasteiger partial charge in [0, 0.05) is 23.4 Å². The molecule has 0 aliphatic carbocycles. The molecule has 1 N–H and O–H groups in total. The summed E-state index contributed by atoms with van der Waals surface area (Å²) < 4.78 is 17.0. The van der Waals surface area contributed by atoms with Crippen molar-refractivity contribution < 1.29 is 4.39 Å². The standard InChI is InChI=1S/C17H14FN3/c1-10-5-3-4-6-11(10)17-16(18)15-12-9-19-20-13(12)7-8-14(15)21(17)2/h3-9H,1-2H3,(H,19,20). The molecule has 0 amide bonds. The number of benzene rings is 2. The topological polar surface area (TPSA) is 33.6 Å². The lowest BCUT2D eigenvalue weighted by Gasteiger charge is -2.07. The zero-order valence-corrected chi connectivity index (χ0v) is 11.8. The molecule has 0 fully saturated rings. The van der Waals surface area contributed by atoms with Crippen molar-refractivity contribution in [1.82, 2.24) is 14.8 Å². The maximum absolute atomic E-state index is 15.1. The Bertz CT molecular complexity index is 978. The molecule has 4 aromatic rings. The number of nitrogens with one attached hydrogen (secondary N) is 1. The Morgan fingerprint density at radius 2 is 1.95 bits per heavy atom. The highest BCUT2D eigenvalue weighted by atomic mass is 19.1. The number of halogens is 1. The minimum atomic E-state index is -0.186. The maximum atomic E-state index is 15.1. The van der Waals surface area contributed by atoms with Crippen LogP contribution in [0.15, 0.2) is 42.6 Å². The van der Waals surface area contributed by atoms with Gasteiger partial charge in [0.25, 0.3) is 0 Å². The van der Waals surface area contributed by atoms with E-state index in [2.05, 4.69) is 10.2 Å². The van der Waals surface area contributed by atoms with Gasteiger partial charge in [0.05, 0.1) is 22.9 Å². The molecule has 0 bridgehead atoms. The zero-order chi connectivity index (χ0) is 14.6. The van der Waals surface area contributed by atoms with Crippen molar-refractivity contribution in [2.45, 2.75) is 6.92 Å². The molecule has 3 nitrogen and oxygen atoms in total. The van der Waals surface area contributed by atoms with Gasteiger partial charge in [-0.05, 0) is 24.6 Å². The van der Waals surface area contributed by atoms with Gasteiger partial charge < -0.3 is 4.57 Å². The number of H-pyrrole nitrogens is 1. The highest BCUT2D eigenvalue weighted by Gasteiger charge is 2.20. The zero-order valence-electron chi connectivity index (χ0n) is 11.8. The van der Waals surface area contributed by atoms with Crippen LogP contribution in [0.2, 0.25) is 0 Å². The van der Waals surface area contributed by atoms with Crippen LogP contribution in [0.25, 0.3) is 33.1 Å². The number of hydrogen-bond donors (Lipinski definition) is 1. The Balaban J connectivity index is 2.18. The smallest absolute Gasteiger partial charge is 0.157 e. The quantitative estimate of drug-likeness (QED) is 0.557. The minimum Gasteiger partial charge on any atom is -0.341 e. The second-order valence-electron chi connectivity index (χ2n) is 5.33. The Kier molecular flexibility index (Phi) is 2.42. The molecule has 2 aromatic carbocycles. The fourth-order valence-corrected chi connectivity index (χ4v) is 3.04. The van der Waals surface area contributed by atoms with Gasteiger partial charge in [-0.25, -0.2) is 4.39 Å². The van der Waals surface area contributed by atoms with Crippen LogP contribution < -0.4 is 0 Å². The summed E-state index contributed by atoms with van der Waals surface area (Å²) in [6.45, 7) is 2.00. The van der Waals surface area contributed by atoms with Crippen LogP contribution >= 0.6 is 0 Å². The van der Waals surface area contributed by atoms with E-state index in [-0.39, 0.29) is 5.82 Å². The molecule has 0 radical (unpaired) electrons. The molecule has 2 heterocycles. The average Bonchev–Trinajstić information content (AvgIpc) is 3.04. The van der Waals surface area contributed by atoms with Crippen molar-refractivity contribution in [3.05, 3.63) is 54.0 Å². The Hall–Kier alpha value is -2.62. The molecule has 4 heteroatoms. The van der Waals surface area contributed by atoms with Crippen molar-refractivity contribution in [1.29, 1.82) is 0 Å². The Labute approximate surface area is 121 Å². The fraction of sp³-hybridized carbons (Fsp3) is 0.118. The van der Waals surface area contributed by atoms with E-state index in [1.54, 1.807) is 6.20 Å². The first-order valence-electron chi connectivity index (χ1n) is 6.84. The van der Waals surface area contributed by atoms with Crippen LogP contribution in [0.3, 0.4) is 0 Å². The van der Waals surface area contributed by atoms with Crippen molar-refractivity contribution in [2.24, 2.45) is 7.05 Å². The monoisotopic (exact) mass is 279 g/mol. The van der Waals surface area contributed by atoms with E-state index >= 15 is 4.39 Å². The molecule has 0 saturated carbocycles. The number of aryl methyl sites for hydroxylation is 2. The number of hydrogen-bond acceptors (Lipinski definition) is 1. The maximum Gasteiger partial charge on any atom is 0.157 e. The van der Waals surface area contributed by atoms with E-state index in [1.165, 1.54) is 0 Å². The first-order chi connectivity index (χ1) is 10.2.